The molecule has 1 aromatic rings. The number of halogens is 3. The summed E-state index contributed by atoms with van der Waals surface area (Å²) in [5, 5.41) is 4.02. The van der Waals surface area contributed by atoms with E-state index in [1.807, 2.05) is 12.1 Å². The monoisotopic (exact) mass is 347 g/mol. The van der Waals surface area contributed by atoms with Crippen LogP contribution < -0.4 is 17.7 Å². The summed E-state index contributed by atoms with van der Waals surface area (Å²) in [7, 11) is 0. The van der Waals surface area contributed by atoms with Crippen molar-refractivity contribution < 1.29 is 17.7 Å². The van der Waals surface area contributed by atoms with Crippen molar-refractivity contribution in [3.05, 3.63) is 33.8 Å². The van der Waals surface area contributed by atoms with Gasteiger partial charge in [-0.15, -0.1) is 0 Å². The fourth-order valence-corrected chi connectivity index (χ4v) is 5.06. The summed E-state index contributed by atoms with van der Waals surface area (Å²) >= 11 is 12.2. The third-order valence-electron chi connectivity index (χ3n) is 6.50. The van der Waals surface area contributed by atoms with Crippen LogP contribution in [0.2, 0.25) is 10.0 Å². The van der Waals surface area contributed by atoms with Crippen molar-refractivity contribution in [1.82, 2.24) is 0 Å². The van der Waals surface area contributed by atoms with E-state index in [1.54, 1.807) is 0 Å². The molecule has 0 saturated heterocycles. The lowest BCUT2D eigenvalue weighted by molar-refractivity contribution is -0.717. The Morgan fingerprint density at radius 1 is 1.24 bits per heavy atom. The highest BCUT2D eigenvalue weighted by atomic mass is 35.5. The van der Waals surface area contributed by atoms with Crippen LogP contribution in [-0.4, -0.2) is 6.04 Å². The Morgan fingerprint density at radius 2 is 1.95 bits per heavy atom. The van der Waals surface area contributed by atoms with E-state index in [-0.39, 0.29) is 12.4 Å². The number of nitrogens with two attached hydrogens (primary N) is 1. The Morgan fingerprint density at radius 3 is 2.48 bits per heavy atom. The Bertz CT molecular complexity index is 529. The third kappa shape index (κ3) is 2.72. The van der Waals surface area contributed by atoms with E-state index >= 15 is 0 Å². The zero-order valence-electron chi connectivity index (χ0n) is 12.9. The van der Waals surface area contributed by atoms with E-state index in [9.17, 15) is 0 Å². The van der Waals surface area contributed by atoms with E-state index in [0.29, 0.717) is 15.9 Å². The standard InChI is InChI=1S/C17H23Cl2N.ClH/c1-16(2)12-6-7-17(16,3)15(8-12)20-10-11-4-5-13(18)9-14(11)19;/h4-5,9,12,15,20H,6-8,10H2,1-3H3;1H. The maximum Gasteiger partial charge on any atom is 0.103 e. The highest BCUT2D eigenvalue weighted by molar-refractivity contribution is 6.35. The minimum absolute atomic E-state index is 0. The van der Waals surface area contributed by atoms with Gasteiger partial charge in [-0.1, -0.05) is 50.0 Å². The number of quaternary nitrogens is 1. The van der Waals surface area contributed by atoms with Crippen LogP contribution in [-0.2, 0) is 6.54 Å². The van der Waals surface area contributed by atoms with Gasteiger partial charge in [-0.25, -0.2) is 0 Å². The molecular weight excluding hydrogens is 325 g/mol. The van der Waals surface area contributed by atoms with Gasteiger partial charge in [0.2, 0.25) is 0 Å². The number of hydrogen-bond donors (Lipinski definition) is 1. The molecule has 2 N–H and O–H groups in total. The van der Waals surface area contributed by atoms with Crippen LogP contribution in [0, 0.1) is 16.7 Å². The first-order valence-corrected chi connectivity index (χ1v) is 8.37. The van der Waals surface area contributed by atoms with E-state index in [2.05, 4.69) is 32.2 Å². The summed E-state index contributed by atoms with van der Waals surface area (Å²) in [6.45, 7) is 8.38. The molecule has 1 nitrogen and oxygen atoms in total. The first-order valence-electron chi connectivity index (χ1n) is 7.62. The van der Waals surface area contributed by atoms with Gasteiger partial charge in [-0.05, 0) is 36.3 Å². The van der Waals surface area contributed by atoms with Gasteiger partial charge in [-0.2, -0.15) is 0 Å². The zero-order chi connectivity index (χ0) is 14.5. The summed E-state index contributed by atoms with van der Waals surface area (Å²) in [4.78, 5) is 0. The summed E-state index contributed by atoms with van der Waals surface area (Å²) in [5.74, 6) is 0.898. The lowest BCUT2D eigenvalue weighted by atomic mass is 9.69. The van der Waals surface area contributed by atoms with E-state index in [4.69, 9.17) is 23.2 Å². The third-order valence-corrected chi connectivity index (χ3v) is 7.09. The summed E-state index contributed by atoms with van der Waals surface area (Å²) in [6.07, 6.45) is 4.14. The van der Waals surface area contributed by atoms with Gasteiger partial charge in [0.05, 0.1) is 11.1 Å². The van der Waals surface area contributed by atoms with Crippen molar-refractivity contribution in [1.29, 1.82) is 0 Å². The quantitative estimate of drug-likeness (QED) is 0.847. The molecule has 4 heteroatoms. The molecule has 0 radical (unpaired) electrons. The maximum atomic E-state index is 6.28. The molecule has 0 heterocycles. The largest absolute Gasteiger partial charge is 1.00 e. The van der Waals surface area contributed by atoms with Crippen molar-refractivity contribution in [2.45, 2.75) is 52.6 Å². The first kappa shape index (κ1) is 17.4. The zero-order valence-corrected chi connectivity index (χ0v) is 15.2. The Labute approximate surface area is 144 Å². The first-order chi connectivity index (χ1) is 9.34. The van der Waals surface area contributed by atoms with Crippen molar-refractivity contribution in [2.24, 2.45) is 16.7 Å². The van der Waals surface area contributed by atoms with Crippen molar-refractivity contribution in [2.75, 3.05) is 0 Å². The topological polar surface area (TPSA) is 16.6 Å². The molecule has 118 valence electrons. The number of rotatable bonds is 3. The van der Waals surface area contributed by atoms with Crippen LogP contribution in [0.5, 0.6) is 0 Å². The summed E-state index contributed by atoms with van der Waals surface area (Å²) < 4.78 is 0. The predicted octanol–water partition coefficient (Wildman–Crippen LogP) is 1.28. The molecule has 2 bridgehead atoms. The molecule has 3 atom stereocenters. The lowest BCUT2D eigenvalue weighted by Crippen LogP contribution is -3.00. The molecule has 0 aromatic heterocycles. The van der Waals surface area contributed by atoms with Gasteiger partial charge in [-0.3, -0.25) is 0 Å². The molecule has 21 heavy (non-hydrogen) atoms. The van der Waals surface area contributed by atoms with E-state index in [1.165, 1.54) is 24.8 Å². The molecule has 2 saturated carbocycles. The fraction of sp³-hybridized carbons (Fsp3) is 0.647. The second-order valence-corrected chi connectivity index (χ2v) is 8.24. The average Bonchev–Trinajstić information content (AvgIpc) is 2.70. The van der Waals surface area contributed by atoms with Crippen LogP contribution in [0.4, 0.5) is 0 Å². The molecule has 0 spiro atoms. The Balaban J connectivity index is 0.00000161. The average molecular weight is 349 g/mol. The van der Waals surface area contributed by atoms with Crippen molar-refractivity contribution >= 4 is 23.2 Å². The van der Waals surface area contributed by atoms with Gasteiger partial charge in [0.15, 0.2) is 0 Å². The summed E-state index contributed by atoms with van der Waals surface area (Å²) in [5.41, 5.74) is 2.15. The van der Waals surface area contributed by atoms with Gasteiger partial charge in [0, 0.05) is 22.4 Å². The smallest absolute Gasteiger partial charge is 0.103 e. The highest BCUT2D eigenvalue weighted by Crippen LogP contribution is 2.64. The SMILES string of the molecule is CC1(C)C2CCC1(C)C([NH2+]Cc1ccc(Cl)cc1Cl)C2.[Cl-]. The van der Waals surface area contributed by atoms with E-state index in [0.717, 1.165) is 23.5 Å². The molecule has 1 aromatic carbocycles. The number of fused-ring (bicyclic) bond motifs is 2. The minimum atomic E-state index is 0. The summed E-state index contributed by atoms with van der Waals surface area (Å²) in [6, 6.07) is 6.56. The van der Waals surface area contributed by atoms with Gasteiger partial charge >= 0.3 is 0 Å². The van der Waals surface area contributed by atoms with Crippen LogP contribution in [0.25, 0.3) is 0 Å². The predicted molar refractivity (Wildman–Crippen MR) is 85.1 cm³/mol. The number of hydrogen-bond acceptors (Lipinski definition) is 0. The molecule has 2 fully saturated rings. The molecule has 0 amide bonds. The van der Waals surface area contributed by atoms with Gasteiger partial charge < -0.3 is 17.7 Å². The molecule has 2 aliphatic rings. The molecular formula is C17H24Cl3N. The lowest BCUT2D eigenvalue weighted by Gasteiger charge is -2.37. The highest BCUT2D eigenvalue weighted by Gasteiger charge is 2.63. The molecule has 2 aliphatic carbocycles. The maximum absolute atomic E-state index is 6.28. The van der Waals surface area contributed by atoms with Crippen LogP contribution in [0.3, 0.4) is 0 Å². The van der Waals surface area contributed by atoms with Gasteiger partial charge in [0.1, 0.15) is 6.54 Å². The normalized spacial score (nSPS) is 33.0. The van der Waals surface area contributed by atoms with Crippen LogP contribution in [0.15, 0.2) is 18.2 Å². The van der Waals surface area contributed by atoms with Crippen molar-refractivity contribution in [3.8, 4) is 0 Å². The Hall–Kier alpha value is 0.0500. The molecule has 0 aliphatic heterocycles. The van der Waals surface area contributed by atoms with Crippen molar-refractivity contribution in [3.63, 3.8) is 0 Å². The molecule has 3 unspecified atom stereocenters. The minimum Gasteiger partial charge on any atom is -1.00 e. The van der Waals surface area contributed by atoms with Crippen LogP contribution in [0.1, 0.15) is 45.6 Å². The second kappa shape index (κ2) is 5.92. The number of benzene rings is 1. The fourth-order valence-electron chi connectivity index (χ4n) is 4.58. The molecule has 3 rings (SSSR count). The van der Waals surface area contributed by atoms with E-state index < -0.39 is 0 Å². The second-order valence-electron chi connectivity index (χ2n) is 7.39. The Kier molecular flexibility index (Phi) is 4.91. The van der Waals surface area contributed by atoms with Crippen LogP contribution >= 0.6 is 23.2 Å². The van der Waals surface area contributed by atoms with Gasteiger partial charge in [0.25, 0.3) is 0 Å².